The van der Waals surface area contributed by atoms with Gasteiger partial charge in [-0.05, 0) is 12.8 Å². The molecule has 1 atom stereocenters. The van der Waals surface area contributed by atoms with E-state index in [1.54, 1.807) is 0 Å². The molecule has 2 amide bonds. The van der Waals surface area contributed by atoms with Gasteiger partial charge in [0.25, 0.3) is 0 Å². The average Bonchev–Trinajstić information content (AvgIpc) is 2.27. The fraction of sp³-hybridized carbons (Fsp3) is 0.750. The molecule has 0 unspecified atom stereocenters. The largest absolute Gasteiger partial charge is 0.480 e. The third-order valence-corrected chi connectivity index (χ3v) is 3.40. The Hall–Kier alpha value is -1.63. The highest BCUT2D eigenvalue weighted by Gasteiger charge is 2.31. The minimum atomic E-state index is -1.28. The Bertz CT molecular complexity index is 364. The van der Waals surface area contributed by atoms with Crippen molar-refractivity contribution in [1.29, 1.82) is 0 Å². The molecule has 19 heavy (non-hydrogen) atoms. The molecule has 0 heterocycles. The number of nitrogens with one attached hydrogen (secondary N) is 1. The highest BCUT2D eigenvalue weighted by molar-refractivity contribution is 5.88. The first-order valence-electron chi connectivity index (χ1n) is 6.42. The smallest absolute Gasteiger partial charge is 0.326 e. The van der Waals surface area contributed by atoms with Crippen molar-refractivity contribution < 1.29 is 19.5 Å². The first kappa shape index (κ1) is 15.4. The van der Waals surface area contributed by atoms with Crippen LogP contribution in [0.15, 0.2) is 0 Å². The van der Waals surface area contributed by atoms with Gasteiger partial charge in [-0.2, -0.15) is 0 Å². The molecule has 0 radical (unpaired) electrons. The van der Waals surface area contributed by atoms with E-state index in [2.05, 4.69) is 5.32 Å². The van der Waals surface area contributed by atoms with Gasteiger partial charge in [0, 0.05) is 12.0 Å². The molecular weight excluding hydrogens is 250 g/mol. The van der Waals surface area contributed by atoms with E-state index in [4.69, 9.17) is 16.6 Å². The lowest BCUT2D eigenvalue weighted by molar-refractivity contribution is -0.143. The maximum absolute atomic E-state index is 11.8. The number of rotatable bonds is 6. The average molecular weight is 271 g/mol. The first-order chi connectivity index (χ1) is 8.82. The molecule has 1 fully saturated rings. The maximum Gasteiger partial charge on any atom is 0.326 e. The molecule has 0 aromatic carbocycles. The van der Waals surface area contributed by atoms with Crippen molar-refractivity contribution in [3.8, 4) is 0 Å². The first-order valence-corrected chi connectivity index (χ1v) is 6.42. The number of carbonyl (C=O) groups is 3. The van der Waals surface area contributed by atoms with Crippen molar-refractivity contribution in [3.05, 3.63) is 0 Å². The predicted molar refractivity (Wildman–Crippen MR) is 68.0 cm³/mol. The topological polar surface area (TPSA) is 136 Å². The zero-order chi connectivity index (χ0) is 14.5. The van der Waals surface area contributed by atoms with Crippen LogP contribution < -0.4 is 16.8 Å². The molecule has 7 nitrogen and oxygen atoms in total. The number of hydrogen-bond acceptors (Lipinski definition) is 4. The monoisotopic (exact) mass is 271 g/mol. The summed E-state index contributed by atoms with van der Waals surface area (Å²) in [5, 5.41) is 11.2. The summed E-state index contributed by atoms with van der Waals surface area (Å²) in [4.78, 5) is 33.4. The third kappa shape index (κ3) is 5.25. The van der Waals surface area contributed by atoms with E-state index in [-0.39, 0.29) is 6.42 Å². The lowest BCUT2D eigenvalue weighted by Gasteiger charge is -2.33. The van der Waals surface area contributed by atoms with Gasteiger partial charge in [-0.1, -0.05) is 19.3 Å². The molecule has 0 spiro atoms. The number of primary amides is 1. The summed E-state index contributed by atoms with van der Waals surface area (Å²) >= 11 is 0. The molecule has 0 bridgehead atoms. The van der Waals surface area contributed by atoms with E-state index in [1.165, 1.54) is 0 Å². The van der Waals surface area contributed by atoms with Gasteiger partial charge in [-0.25, -0.2) is 4.79 Å². The number of hydrogen-bond donors (Lipinski definition) is 4. The number of nitrogens with two attached hydrogens (primary N) is 2. The van der Waals surface area contributed by atoms with Gasteiger partial charge in [0.2, 0.25) is 11.8 Å². The zero-order valence-electron chi connectivity index (χ0n) is 10.9. The standard InChI is InChI=1S/C12H21N3O4/c13-9(16)6-8(11(18)19)15-10(17)7-12(14)4-2-1-3-5-12/h8H,1-7,14H2,(H2,13,16)(H,15,17)(H,18,19)/t8-/m1/s1. The van der Waals surface area contributed by atoms with Gasteiger partial charge in [0.1, 0.15) is 6.04 Å². The Morgan fingerprint density at radius 2 is 1.79 bits per heavy atom. The quantitative estimate of drug-likeness (QED) is 0.515. The Kier molecular flexibility index (Phi) is 5.29. The SMILES string of the molecule is NC(=O)C[C@@H](NC(=O)CC1(N)CCCCC1)C(=O)O. The Balaban J connectivity index is 2.52. The number of carboxylic acids is 1. The summed E-state index contributed by atoms with van der Waals surface area (Å²) in [6.45, 7) is 0. The molecule has 1 saturated carbocycles. The van der Waals surface area contributed by atoms with Gasteiger partial charge in [-0.3, -0.25) is 9.59 Å². The second-order valence-electron chi connectivity index (χ2n) is 5.23. The molecule has 1 rings (SSSR count). The van der Waals surface area contributed by atoms with Crippen LogP contribution in [0.2, 0.25) is 0 Å². The summed E-state index contributed by atoms with van der Waals surface area (Å²) in [5.41, 5.74) is 10.5. The minimum absolute atomic E-state index is 0.0789. The van der Waals surface area contributed by atoms with Gasteiger partial charge in [0.05, 0.1) is 6.42 Å². The van der Waals surface area contributed by atoms with Crippen LogP contribution in [0.25, 0.3) is 0 Å². The fourth-order valence-corrected chi connectivity index (χ4v) is 2.40. The molecule has 6 N–H and O–H groups in total. The van der Waals surface area contributed by atoms with Crippen LogP contribution in [0.3, 0.4) is 0 Å². The normalized spacial score (nSPS) is 19.4. The minimum Gasteiger partial charge on any atom is -0.480 e. The van der Waals surface area contributed by atoms with Gasteiger partial charge in [0.15, 0.2) is 0 Å². The van der Waals surface area contributed by atoms with Crippen LogP contribution in [0, 0.1) is 0 Å². The maximum atomic E-state index is 11.8. The van der Waals surface area contributed by atoms with E-state index < -0.39 is 35.8 Å². The molecule has 0 aliphatic heterocycles. The number of aliphatic carboxylic acids is 1. The summed E-state index contributed by atoms with van der Waals surface area (Å²) in [5.74, 6) is -2.49. The van der Waals surface area contributed by atoms with Crippen LogP contribution in [-0.2, 0) is 14.4 Å². The molecule has 0 saturated heterocycles. The Labute approximate surface area is 111 Å². The predicted octanol–water partition coefficient (Wildman–Crippen LogP) is -0.517. The van der Waals surface area contributed by atoms with E-state index in [1.807, 2.05) is 0 Å². The van der Waals surface area contributed by atoms with E-state index in [9.17, 15) is 14.4 Å². The molecule has 108 valence electrons. The summed E-state index contributed by atoms with van der Waals surface area (Å²) in [7, 11) is 0. The number of carboxylic acid groups (broad SMARTS) is 1. The van der Waals surface area contributed by atoms with Crippen LogP contribution in [0.1, 0.15) is 44.9 Å². The Morgan fingerprint density at radius 3 is 2.26 bits per heavy atom. The lowest BCUT2D eigenvalue weighted by atomic mass is 9.80. The Morgan fingerprint density at radius 1 is 1.21 bits per heavy atom. The van der Waals surface area contributed by atoms with Crippen LogP contribution in [0.4, 0.5) is 0 Å². The summed E-state index contributed by atoms with van der Waals surface area (Å²) in [6.07, 6.45) is 4.25. The molecule has 0 aromatic rings. The van der Waals surface area contributed by atoms with E-state index >= 15 is 0 Å². The molecule has 7 heteroatoms. The van der Waals surface area contributed by atoms with Crippen molar-refractivity contribution in [1.82, 2.24) is 5.32 Å². The van der Waals surface area contributed by atoms with Crippen molar-refractivity contribution in [2.24, 2.45) is 11.5 Å². The van der Waals surface area contributed by atoms with Crippen LogP contribution in [-0.4, -0.2) is 34.5 Å². The molecular formula is C12H21N3O4. The zero-order valence-corrected chi connectivity index (χ0v) is 10.9. The van der Waals surface area contributed by atoms with E-state index in [0.717, 1.165) is 32.1 Å². The van der Waals surface area contributed by atoms with Gasteiger partial charge in [-0.15, -0.1) is 0 Å². The third-order valence-electron chi connectivity index (χ3n) is 3.40. The van der Waals surface area contributed by atoms with Crippen LogP contribution >= 0.6 is 0 Å². The number of amides is 2. The second-order valence-corrected chi connectivity index (χ2v) is 5.23. The van der Waals surface area contributed by atoms with E-state index in [0.29, 0.717) is 0 Å². The summed E-state index contributed by atoms with van der Waals surface area (Å²) in [6, 6.07) is -1.28. The van der Waals surface area contributed by atoms with Gasteiger partial charge < -0.3 is 21.9 Å². The van der Waals surface area contributed by atoms with Crippen molar-refractivity contribution >= 4 is 17.8 Å². The van der Waals surface area contributed by atoms with Crippen LogP contribution in [0.5, 0.6) is 0 Å². The van der Waals surface area contributed by atoms with Gasteiger partial charge >= 0.3 is 5.97 Å². The number of carbonyl (C=O) groups excluding carboxylic acids is 2. The molecule has 1 aliphatic carbocycles. The molecule has 0 aromatic heterocycles. The molecule has 1 aliphatic rings. The fourth-order valence-electron chi connectivity index (χ4n) is 2.40. The highest BCUT2D eigenvalue weighted by atomic mass is 16.4. The van der Waals surface area contributed by atoms with Crippen molar-refractivity contribution in [3.63, 3.8) is 0 Å². The van der Waals surface area contributed by atoms with Crippen molar-refractivity contribution in [2.45, 2.75) is 56.5 Å². The second kappa shape index (κ2) is 6.51. The summed E-state index contributed by atoms with van der Waals surface area (Å²) < 4.78 is 0. The lowest BCUT2D eigenvalue weighted by Crippen LogP contribution is -2.49. The van der Waals surface area contributed by atoms with Crippen molar-refractivity contribution in [2.75, 3.05) is 0 Å². The highest BCUT2D eigenvalue weighted by Crippen LogP contribution is 2.28.